The van der Waals surface area contributed by atoms with Crippen molar-refractivity contribution in [1.82, 2.24) is 9.88 Å². The lowest BCUT2D eigenvalue weighted by atomic mass is 10.3. The number of halogens is 4. The van der Waals surface area contributed by atoms with Crippen LogP contribution in [0.5, 0.6) is 0 Å². The number of anilines is 1. The molecule has 0 bridgehead atoms. The number of rotatable bonds is 2. The van der Waals surface area contributed by atoms with Crippen molar-refractivity contribution in [3.63, 3.8) is 0 Å². The summed E-state index contributed by atoms with van der Waals surface area (Å²) in [6, 6.07) is 0. The zero-order valence-electron chi connectivity index (χ0n) is 11.5. The minimum absolute atomic E-state index is 0.0649. The molecule has 0 aliphatic carbocycles. The average Bonchev–Trinajstić information content (AvgIpc) is 2.71. The van der Waals surface area contributed by atoms with E-state index in [0.717, 1.165) is 0 Å². The first-order valence-electron chi connectivity index (χ1n) is 6.68. The normalized spacial score (nSPS) is 16.0. The summed E-state index contributed by atoms with van der Waals surface area (Å²) < 4.78 is 53.7. The molecule has 116 valence electrons. The van der Waals surface area contributed by atoms with E-state index in [0.29, 0.717) is 19.4 Å². The molecule has 1 amide bonds. The Hall–Kier alpha value is -1.86. The molecule has 0 aromatic carbocycles. The molecule has 1 aromatic rings. The molecule has 0 saturated carbocycles. The lowest BCUT2D eigenvalue weighted by molar-refractivity contribution is -0.130. The summed E-state index contributed by atoms with van der Waals surface area (Å²) in [4.78, 5) is 17.0. The van der Waals surface area contributed by atoms with E-state index in [1.165, 1.54) is 4.90 Å². The van der Waals surface area contributed by atoms with Gasteiger partial charge >= 0.3 is 0 Å². The van der Waals surface area contributed by atoms with Crippen molar-refractivity contribution in [2.24, 2.45) is 0 Å². The predicted molar refractivity (Wildman–Crippen MR) is 67.8 cm³/mol. The van der Waals surface area contributed by atoms with Crippen molar-refractivity contribution in [2.45, 2.75) is 19.8 Å². The van der Waals surface area contributed by atoms with E-state index < -0.39 is 29.2 Å². The second-order valence-electron chi connectivity index (χ2n) is 4.74. The van der Waals surface area contributed by atoms with Gasteiger partial charge in [0.15, 0.2) is 0 Å². The Kier molecular flexibility index (Phi) is 4.64. The molecule has 0 atom stereocenters. The molecule has 1 aromatic heterocycles. The number of amides is 1. The van der Waals surface area contributed by atoms with E-state index in [9.17, 15) is 22.4 Å². The first kappa shape index (κ1) is 15.5. The van der Waals surface area contributed by atoms with Gasteiger partial charge in [0, 0.05) is 32.6 Å². The third-order valence-corrected chi connectivity index (χ3v) is 3.44. The van der Waals surface area contributed by atoms with Crippen LogP contribution in [0.1, 0.15) is 19.8 Å². The van der Waals surface area contributed by atoms with Gasteiger partial charge < -0.3 is 9.80 Å². The van der Waals surface area contributed by atoms with Crippen molar-refractivity contribution in [2.75, 3.05) is 31.1 Å². The number of hydrogen-bond donors (Lipinski definition) is 0. The molecule has 0 N–H and O–H groups in total. The molecule has 0 unspecified atom stereocenters. The molecule has 1 saturated heterocycles. The van der Waals surface area contributed by atoms with E-state index in [1.54, 1.807) is 11.8 Å². The van der Waals surface area contributed by atoms with Crippen molar-refractivity contribution in [3.05, 3.63) is 23.5 Å². The molecule has 21 heavy (non-hydrogen) atoms. The summed E-state index contributed by atoms with van der Waals surface area (Å²) in [5, 5.41) is 0. The van der Waals surface area contributed by atoms with Gasteiger partial charge in [-0.2, -0.15) is 22.5 Å². The number of aromatic nitrogens is 1. The molecule has 1 aliphatic rings. The van der Waals surface area contributed by atoms with Crippen LogP contribution in [0.3, 0.4) is 0 Å². The number of carbonyl (C=O) groups excluding carboxylic acids is 1. The Labute approximate surface area is 119 Å². The summed E-state index contributed by atoms with van der Waals surface area (Å²) >= 11 is 0. The Balaban J connectivity index is 2.26. The van der Waals surface area contributed by atoms with Gasteiger partial charge in [-0.05, 0) is 6.42 Å². The van der Waals surface area contributed by atoms with Gasteiger partial charge in [-0.3, -0.25) is 4.79 Å². The van der Waals surface area contributed by atoms with Crippen LogP contribution in [-0.2, 0) is 4.79 Å². The van der Waals surface area contributed by atoms with Crippen LogP contribution in [0.2, 0.25) is 0 Å². The molecule has 0 radical (unpaired) electrons. The largest absolute Gasteiger partial charge is 0.365 e. The van der Waals surface area contributed by atoms with Crippen LogP contribution in [-0.4, -0.2) is 42.0 Å². The third-order valence-electron chi connectivity index (χ3n) is 3.44. The number of nitrogens with zero attached hydrogens (tertiary/aromatic N) is 3. The van der Waals surface area contributed by atoms with Gasteiger partial charge in [-0.15, -0.1) is 0 Å². The van der Waals surface area contributed by atoms with Crippen LogP contribution in [0, 0.1) is 23.5 Å². The van der Waals surface area contributed by atoms with Crippen LogP contribution in [0.25, 0.3) is 0 Å². The standard InChI is InChI=1S/C13H15F4N3O/c1-2-8(21)19-4-3-5-20(7-6-19)11-9(14)12(16)18-13(17)10(11)15/h2-7H2,1H3. The van der Waals surface area contributed by atoms with Crippen LogP contribution in [0.4, 0.5) is 23.2 Å². The molecule has 1 aliphatic heterocycles. The summed E-state index contributed by atoms with van der Waals surface area (Å²) in [7, 11) is 0. The van der Waals surface area contributed by atoms with Crippen molar-refractivity contribution >= 4 is 11.6 Å². The highest BCUT2D eigenvalue weighted by molar-refractivity contribution is 5.75. The minimum Gasteiger partial charge on any atom is -0.365 e. The Morgan fingerprint density at radius 1 is 1.05 bits per heavy atom. The highest BCUT2D eigenvalue weighted by atomic mass is 19.2. The van der Waals surface area contributed by atoms with Crippen molar-refractivity contribution in [1.29, 1.82) is 0 Å². The van der Waals surface area contributed by atoms with Gasteiger partial charge in [-0.1, -0.05) is 6.92 Å². The SMILES string of the molecule is CCC(=O)N1CCCN(c2c(F)c(F)nc(F)c2F)CC1. The number of pyridine rings is 1. The van der Waals surface area contributed by atoms with Crippen molar-refractivity contribution < 1.29 is 22.4 Å². The summed E-state index contributed by atoms with van der Waals surface area (Å²) in [6.07, 6.45) is 0.789. The average molecular weight is 305 g/mol. The van der Waals surface area contributed by atoms with E-state index in [1.807, 2.05) is 0 Å². The molecule has 0 spiro atoms. The maximum Gasteiger partial charge on any atom is 0.253 e. The first-order chi connectivity index (χ1) is 9.95. The monoisotopic (exact) mass is 305 g/mol. The molecular weight excluding hydrogens is 290 g/mol. The Morgan fingerprint density at radius 2 is 1.67 bits per heavy atom. The fourth-order valence-electron chi connectivity index (χ4n) is 2.37. The summed E-state index contributed by atoms with van der Waals surface area (Å²) in [6.45, 7) is 2.71. The van der Waals surface area contributed by atoms with E-state index in [2.05, 4.69) is 4.98 Å². The van der Waals surface area contributed by atoms with E-state index in [4.69, 9.17) is 0 Å². The molecule has 1 fully saturated rings. The van der Waals surface area contributed by atoms with Gasteiger partial charge in [0.1, 0.15) is 5.69 Å². The number of hydrogen-bond acceptors (Lipinski definition) is 3. The Bertz CT molecular complexity index is 526. The highest BCUT2D eigenvalue weighted by Gasteiger charge is 2.27. The van der Waals surface area contributed by atoms with Gasteiger partial charge in [0.25, 0.3) is 11.9 Å². The summed E-state index contributed by atoms with van der Waals surface area (Å²) in [5.41, 5.74) is -0.759. The summed E-state index contributed by atoms with van der Waals surface area (Å²) in [5.74, 6) is -6.43. The fourth-order valence-corrected chi connectivity index (χ4v) is 2.37. The predicted octanol–water partition coefficient (Wildman–Crippen LogP) is 2.09. The maximum atomic E-state index is 13.7. The van der Waals surface area contributed by atoms with Crippen molar-refractivity contribution in [3.8, 4) is 0 Å². The van der Waals surface area contributed by atoms with E-state index in [-0.39, 0.29) is 25.5 Å². The van der Waals surface area contributed by atoms with Gasteiger partial charge in [0.2, 0.25) is 17.5 Å². The topological polar surface area (TPSA) is 36.4 Å². The molecule has 4 nitrogen and oxygen atoms in total. The smallest absolute Gasteiger partial charge is 0.253 e. The lowest BCUT2D eigenvalue weighted by Crippen LogP contribution is -2.35. The molecular formula is C13H15F4N3O. The minimum atomic E-state index is -1.67. The second-order valence-corrected chi connectivity index (χ2v) is 4.74. The number of carbonyl (C=O) groups is 1. The molecule has 8 heteroatoms. The van der Waals surface area contributed by atoms with Gasteiger partial charge in [-0.25, -0.2) is 0 Å². The van der Waals surface area contributed by atoms with Crippen LogP contribution < -0.4 is 4.90 Å². The highest BCUT2D eigenvalue weighted by Crippen LogP contribution is 2.27. The quantitative estimate of drug-likeness (QED) is 0.620. The van der Waals surface area contributed by atoms with Crippen LogP contribution in [0.15, 0.2) is 0 Å². The maximum absolute atomic E-state index is 13.7. The second kappa shape index (κ2) is 6.28. The Morgan fingerprint density at radius 3 is 2.24 bits per heavy atom. The first-order valence-corrected chi connectivity index (χ1v) is 6.68. The lowest BCUT2D eigenvalue weighted by Gasteiger charge is -2.24. The zero-order valence-corrected chi connectivity index (χ0v) is 11.5. The van der Waals surface area contributed by atoms with Crippen LogP contribution >= 0.6 is 0 Å². The van der Waals surface area contributed by atoms with Gasteiger partial charge in [0.05, 0.1) is 0 Å². The third kappa shape index (κ3) is 3.08. The fraction of sp³-hybridized carbons (Fsp3) is 0.538. The van der Waals surface area contributed by atoms with E-state index >= 15 is 0 Å². The molecule has 2 heterocycles. The zero-order chi connectivity index (χ0) is 15.6. The molecule has 2 rings (SSSR count).